The van der Waals surface area contributed by atoms with Crippen LogP contribution in [0.3, 0.4) is 0 Å². The van der Waals surface area contributed by atoms with Crippen LogP contribution >= 0.6 is 0 Å². The number of pyridine rings is 2. The average Bonchev–Trinajstić information content (AvgIpc) is 3.08. The van der Waals surface area contributed by atoms with Crippen molar-refractivity contribution in [2.45, 2.75) is 104 Å². The summed E-state index contributed by atoms with van der Waals surface area (Å²) in [5.41, 5.74) is -0.632. The first kappa shape index (κ1) is 31.9. The number of unbranched alkanes of at least 4 members (excludes halogenated alkanes) is 10. The van der Waals surface area contributed by atoms with Gasteiger partial charge in [0.1, 0.15) is 0 Å². The SMILES string of the molecule is CCCCCCCCn1c(O)c2ccc3c4c(=N)cc5c(=O)n(CCCCCCCC)c(O)c6ccc(c7c(=N)cc(c1=O)c2c37)c4c65. The quantitative estimate of drug-likeness (QED) is 0.0538. The molecular formula is C40H44N4O4. The van der Waals surface area contributed by atoms with Crippen LogP contribution in [-0.4, -0.2) is 19.3 Å². The van der Waals surface area contributed by atoms with Crippen LogP contribution in [0.4, 0.5) is 0 Å². The zero-order valence-corrected chi connectivity index (χ0v) is 28.0. The van der Waals surface area contributed by atoms with Crippen molar-refractivity contribution in [2.24, 2.45) is 0 Å². The second-order valence-corrected chi connectivity index (χ2v) is 13.6. The van der Waals surface area contributed by atoms with Gasteiger partial charge in [-0.15, -0.1) is 0 Å². The molecule has 0 aliphatic heterocycles. The van der Waals surface area contributed by atoms with E-state index in [-0.39, 0.29) is 33.6 Å². The molecule has 0 amide bonds. The Morgan fingerprint density at radius 3 is 1.23 bits per heavy atom. The molecule has 7 aromatic rings. The number of nitrogens with zero attached hydrogens (tertiary/aromatic N) is 2. The van der Waals surface area contributed by atoms with Crippen molar-refractivity contribution < 1.29 is 10.2 Å². The highest BCUT2D eigenvalue weighted by Gasteiger charge is 2.25. The Hall–Kier alpha value is -4.72. The van der Waals surface area contributed by atoms with Gasteiger partial charge in [0.25, 0.3) is 11.1 Å². The molecule has 0 atom stereocenters. The highest BCUT2D eigenvalue weighted by atomic mass is 16.3. The lowest BCUT2D eigenvalue weighted by molar-refractivity contribution is 0.406. The molecule has 0 aliphatic rings. The summed E-state index contributed by atoms with van der Waals surface area (Å²) in [6.45, 7) is 5.17. The first-order chi connectivity index (χ1) is 23.3. The molecule has 0 saturated carbocycles. The van der Waals surface area contributed by atoms with E-state index in [1.807, 2.05) is 24.3 Å². The van der Waals surface area contributed by atoms with Gasteiger partial charge in [-0.2, -0.15) is 0 Å². The molecule has 4 N–H and O–H groups in total. The third-order valence-corrected chi connectivity index (χ3v) is 10.5. The van der Waals surface area contributed by atoms with E-state index in [2.05, 4.69) is 13.8 Å². The summed E-state index contributed by atoms with van der Waals surface area (Å²) < 4.78 is 2.88. The topological polar surface area (TPSA) is 132 Å². The lowest BCUT2D eigenvalue weighted by Gasteiger charge is -2.20. The Morgan fingerprint density at radius 1 is 0.479 bits per heavy atom. The van der Waals surface area contributed by atoms with Crippen molar-refractivity contribution in [3.63, 3.8) is 0 Å². The fourth-order valence-electron chi connectivity index (χ4n) is 8.11. The molecule has 2 heterocycles. The van der Waals surface area contributed by atoms with Gasteiger partial charge < -0.3 is 21.0 Å². The van der Waals surface area contributed by atoms with Crippen molar-refractivity contribution in [3.8, 4) is 11.8 Å². The molecule has 0 unspecified atom stereocenters. The van der Waals surface area contributed by atoms with Crippen molar-refractivity contribution >= 4 is 64.6 Å². The fraction of sp³-hybridized carbons (Fsp3) is 0.400. The zero-order valence-electron chi connectivity index (χ0n) is 28.0. The number of fused-ring (bicyclic) bond motifs is 2. The van der Waals surface area contributed by atoms with Crippen LogP contribution in [0.25, 0.3) is 64.6 Å². The number of aromatic hydroxyl groups is 2. The summed E-state index contributed by atoms with van der Waals surface area (Å²) in [7, 11) is 0. The molecule has 0 saturated heterocycles. The van der Waals surface area contributed by atoms with Gasteiger partial charge in [-0.1, -0.05) is 90.2 Å². The molecule has 7 rings (SSSR count). The van der Waals surface area contributed by atoms with E-state index in [9.17, 15) is 30.6 Å². The lowest BCUT2D eigenvalue weighted by atomic mass is 9.85. The van der Waals surface area contributed by atoms with Gasteiger partial charge in [0.05, 0.1) is 21.5 Å². The number of nitrogens with one attached hydrogen (secondary N) is 2. The molecule has 8 heteroatoms. The average molecular weight is 645 g/mol. The zero-order chi connectivity index (χ0) is 33.7. The molecular weight excluding hydrogens is 600 g/mol. The molecule has 0 bridgehead atoms. The molecule has 2 aromatic heterocycles. The summed E-state index contributed by atoms with van der Waals surface area (Å²) >= 11 is 0. The molecule has 8 nitrogen and oxygen atoms in total. The third-order valence-electron chi connectivity index (χ3n) is 10.5. The lowest BCUT2D eigenvalue weighted by Crippen LogP contribution is -2.23. The molecule has 0 radical (unpaired) electrons. The predicted molar refractivity (Wildman–Crippen MR) is 195 cm³/mol. The van der Waals surface area contributed by atoms with E-state index in [1.54, 1.807) is 12.1 Å². The Morgan fingerprint density at radius 2 is 0.833 bits per heavy atom. The van der Waals surface area contributed by atoms with E-state index in [1.165, 1.54) is 34.8 Å². The van der Waals surface area contributed by atoms with Crippen LogP contribution in [0.1, 0.15) is 90.9 Å². The van der Waals surface area contributed by atoms with Gasteiger partial charge in [-0.3, -0.25) is 18.7 Å². The van der Waals surface area contributed by atoms with E-state index >= 15 is 0 Å². The van der Waals surface area contributed by atoms with Crippen LogP contribution in [-0.2, 0) is 13.1 Å². The van der Waals surface area contributed by atoms with Gasteiger partial charge in [-0.25, -0.2) is 0 Å². The molecule has 0 spiro atoms. The Kier molecular flexibility index (Phi) is 8.44. The maximum atomic E-state index is 13.9. The van der Waals surface area contributed by atoms with Gasteiger partial charge in [0.2, 0.25) is 11.8 Å². The van der Waals surface area contributed by atoms with Crippen LogP contribution in [0.5, 0.6) is 11.8 Å². The van der Waals surface area contributed by atoms with Gasteiger partial charge in [0.15, 0.2) is 0 Å². The number of benzene rings is 5. The minimum Gasteiger partial charge on any atom is -0.494 e. The van der Waals surface area contributed by atoms with Gasteiger partial charge in [-0.05, 0) is 47.9 Å². The van der Waals surface area contributed by atoms with Crippen molar-refractivity contribution in [3.05, 3.63) is 67.8 Å². The van der Waals surface area contributed by atoms with Crippen LogP contribution < -0.4 is 21.8 Å². The van der Waals surface area contributed by atoms with Crippen molar-refractivity contribution in [2.75, 3.05) is 0 Å². The monoisotopic (exact) mass is 644 g/mol. The predicted octanol–water partition coefficient (Wildman–Crippen LogP) is 8.33. The largest absolute Gasteiger partial charge is 0.494 e. The van der Waals surface area contributed by atoms with E-state index < -0.39 is 0 Å². The summed E-state index contributed by atoms with van der Waals surface area (Å²) in [6.07, 6.45) is 12.7. The van der Waals surface area contributed by atoms with E-state index in [0.29, 0.717) is 77.7 Å². The summed E-state index contributed by atoms with van der Waals surface area (Å²) in [5.74, 6) is -0.150. The van der Waals surface area contributed by atoms with Crippen LogP contribution in [0, 0.1) is 10.8 Å². The van der Waals surface area contributed by atoms with Gasteiger partial charge >= 0.3 is 0 Å². The van der Waals surface area contributed by atoms with Crippen LogP contribution in [0.2, 0.25) is 0 Å². The minimum atomic E-state index is -0.316. The number of rotatable bonds is 14. The maximum absolute atomic E-state index is 13.9. The van der Waals surface area contributed by atoms with E-state index in [0.717, 1.165) is 51.4 Å². The fourth-order valence-corrected chi connectivity index (χ4v) is 8.11. The third kappa shape index (κ3) is 4.87. The molecule has 248 valence electrons. The number of hydrogen-bond donors (Lipinski definition) is 4. The first-order valence-corrected chi connectivity index (χ1v) is 17.8. The smallest absolute Gasteiger partial charge is 0.261 e. The highest BCUT2D eigenvalue weighted by molar-refractivity contribution is 6.39. The van der Waals surface area contributed by atoms with Crippen molar-refractivity contribution in [1.82, 2.24) is 9.13 Å². The van der Waals surface area contributed by atoms with Crippen molar-refractivity contribution in [1.29, 1.82) is 10.8 Å². The van der Waals surface area contributed by atoms with E-state index in [4.69, 9.17) is 0 Å². The summed E-state index contributed by atoms with van der Waals surface area (Å²) in [6, 6.07) is 10.6. The second kappa shape index (κ2) is 12.7. The molecule has 0 fully saturated rings. The molecule has 0 aliphatic carbocycles. The summed E-state index contributed by atoms with van der Waals surface area (Å²) in [4.78, 5) is 27.8. The van der Waals surface area contributed by atoms with Crippen LogP contribution in [0.15, 0.2) is 46.0 Å². The first-order valence-electron chi connectivity index (χ1n) is 17.8. The standard InChI is InChI=1S/C40H44N4O4/c1-3-5-7-9-11-13-19-43-37(45)25-17-15-23-34-30(42)22-28-32-26(38(46)44(40(28)48)20-14-12-10-8-6-4-2)18-16-24(36(32)34)33-29(41)21-27(39(43)47)31(25)35(23)33/h15-18,21-22,41-42,45-46H,3-14,19-20H2,1-2H3. The minimum absolute atomic E-state index is 0.0750. The Bertz CT molecular complexity index is 2370. The molecule has 5 aromatic carbocycles. The number of hydrogen-bond acceptors (Lipinski definition) is 6. The van der Waals surface area contributed by atoms with Gasteiger partial charge in [0, 0.05) is 56.2 Å². The Balaban J connectivity index is 1.44. The maximum Gasteiger partial charge on any atom is 0.261 e. The highest BCUT2D eigenvalue weighted by Crippen LogP contribution is 2.44. The number of aromatic nitrogens is 2. The summed E-state index contributed by atoms with van der Waals surface area (Å²) in [5, 5.41) is 48.6. The molecule has 48 heavy (non-hydrogen) atoms. The normalized spacial score (nSPS) is 12.4. The second-order valence-electron chi connectivity index (χ2n) is 13.6. The Labute approximate surface area is 277 Å².